The molecular weight excluding hydrogens is 258 g/mol. The van der Waals surface area contributed by atoms with E-state index in [4.69, 9.17) is 4.74 Å². The van der Waals surface area contributed by atoms with E-state index in [1.807, 2.05) is 0 Å². The van der Waals surface area contributed by atoms with Gasteiger partial charge in [0.1, 0.15) is 0 Å². The molecule has 0 amide bonds. The van der Waals surface area contributed by atoms with Crippen LogP contribution in [0.1, 0.15) is 77.6 Å². The third-order valence-electron chi connectivity index (χ3n) is 6.16. The van der Waals surface area contributed by atoms with Crippen LogP contribution in [0, 0.1) is 5.41 Å². The van der Waals surface area contributed by atoms with Gasteiger partial charge in [-0.1, -0.05) is 30.9 Å². The maximum absolute atomic E-state index is 6.05. The molecule has 0 aromatic carbocycles. The predicted molar refractivity (Wildman–Crippen MR) is 88.5 cm³/mol. The van der Waals surface area contributed by atoms with Gasteiger partial charge < -0.3 is 10.1 Å². The van der Waals surface area contributed by atoms with E-state index >= 15 is 0 Å². The lowest BCUT2D eigenvalue weighted by atomic mass is 9.55. The lowest BCUT2D eigenvalue weighted by Gasteiger charge is -2.58. The van der Waals surface area contributed by atoms with Gasteiger partial charge in [0.25, 0.3) is 0 Å². The molecule has 0 aliphatic heterocycles. The van der Waals surface area contributed by atoms with Crippen molar-refractivity contribution in [1.82, 2.24) is 5.32 Å². The second-order valence-electron chi connectivity index (χ2n) is 7.34. The molecule has 3 aliphatic rings. The molecule has 3 rings (SSSR count). The summed E-state index contributed by atoms with van der Waals surface area (Å²) in [5, 5.41) is 3.89. The molecule has 0 heterocycles. The second-order valence-corrected chi connectivity index (χ2v) is 7.34. The monoisotopic (exact) mass is 291 g/mol. The molecule has 1 spiro atoms. The summed E-state index contributed by atoms with van der Waals surface area (Å²) in [5.74, 6) is 0. The fourth-order valence-electron chi connectivity index (χ4n) is 4.89. The minimum atomic E-state index is 0.481. The summed E-state index contributed by atoms with van der Waals surface area (Å²) in [5.41, 5.74) is 2.18. The summed E-state index contributed by atoms with van der Waals surface area (Å²) < 4.78 is 6.05. The van der Waals surface area contributed by atoms with Crippen molar-refractivity contribution in [2.24, 2.45) is 5.41 Å². The predicted octanol–water partition coefficient (Wildman–Crippen LogP) is 4.59. The fraction of sp³-hybridized carbons (Fsp3) is 0.895. The zero-order valence-corrected chi connectivity index (χ0v) is 13.8. The standard InChI is InChI=1S/C19H33NO/c1-2-21-18-15-17(19(18)12-7-4-8-13-19)20-14-11-16-9-5-3-6-10-16/h9,17-18,20H,2-8,10-15H2,1H3. The van der Waals surface area contributed by atoms with E-state index in [2.05, 4.69) is 18.3 Å². The Balaban J connectivity index is 1.49. The molecule has 2 saturated carbocycles. The smallest absolute Gasteiger partial charge is 0.0661 e. The Labute approximate surface area is 130 Å². The van der Waals surface area contributed by atoms with Gasteiger partial charge in [0, 0.05) is 18.1 Å². The number of hydrogen-bond donors (Lipinski definition) is 1. The summed E-state index contributed by atoms with van der Waals surface area (Å²) in [6.45, 7) is 4.20. The van der Waals surface area contributed by atoms with Gasteiger partial charge in [-0.2, -0.15) is 0 Å². The van der Waals surface area contributed by atoms with Crippen LogP contribution in [-0.4, -0.2) is 25.3 Å². The van der Waals surface area contributed by atoms with E-state index in [0.717, 1.165) is 12.6 Å². The molecule has 21 heavy (non-hydrogen) atoms. The lowest BCUT2D eigenvalue weighted by molar-refractivity contribution is -0.149. The SMILES string of the molecule is CCOC1CC(NCCC2=CCCCC2)C12CCCCC2. The van der Waals surface area contributed by atoms with Gasteiger partial charge in [-0.15, -0.1) is 0 Å². The highest BCUT2D eigenvalue weighted by atomic mass is 16.5. The van der Waals surface area contributed by atoms with Crippen LogP contribution in [-0.2, 0) is 4.74 Å². The highest BCUT2D eigenvalue weighted by Crippen LogP contribution is 2.53. The minimum Gasteiger partial charge on any atom is -0.378 e. The molecule has 0 bridgehead atoms. The van der Waals surface area contributed by atoms with Crippen LogP contribution in [0.15, 0.2) is 11.6 Å². The largest absolute Gasteiger partial charge is 0.378 e. The molecule has 0 radical (unpaired) electrons. The molecule has 0 aromatic heterocycles. The Kier molecular flexibility index (Phi) is 5.39. The van der Waals surface area contributed by atoms with E-state index in [0.29, 0.717) is 11.5 Å². The van der Waals surface area contributed by atoms with Gasteiger partial charge >= 0.3 is 0 Å². The quantitative estimate of drug-likeness (QED) is 0.722. The van der Waals surface area contributed by atoms with E-state index in [1.54, 1.807) is 5.57 Å². The van der Waals surface area contributed by atoms with Crippen molar-refractivity contribution in [2.45, 2.75) is 89.7 Å². The maximum atomic E-state index is 6.05. The van der Waals surface area contributed by atoms with Crippen LogP contribution in [0.25, 0.3) is 0 Å². The van der Waals surface area contributed by atoms with Gasteiger partial charge in [0.15, 0.2) is 0 Å². The van der Waals surface area contributed by atoms with Gasteiger partial charge in [-0.3, -0.25) is 0 Å². The van der Waals surface area contributed by atoms with Crippen LogP contribution in [0.4, 0.5) is 0 Å². The van der Waals surface area contributed by atoms with Crippen molar-refractivity contribution >= 4 is 0 Å². The maximum Gasteiger partial charge on any atom is 0.0661 e. The first-order chi connectivity index (χ1) is 10.3. The first-order valence-corrected chi connectivity index (χ1v) is 9.38. The third-order valence-corrected chi connectivity index (χ3v) is 6.16. The third kappa shape index (κ3) is 3.37. The molecule has 3 aliphatic carbocycles. The highest BCUT2D eigenvalue weighted by molar-refractivity contribution is 5.10. The lowest BCUT2D eigenvalue weighted by Crippen LogP contribution is -2.64. The van der Waals surface area contributed by atoms with Gasteiger partial charge in [-0.05, 0) is 64.8 Å². The molecule has 0 aromatic rings. The van der Waals surface area contributed by atoms with Crippen molar-refractivity contribution in [3.63, 3.8) is 0 Å². The molecule has 2 unspecified atom stereocenters. The first-order valence-electron chi connectivity index (χ1n) is 9.38. The Hall–Kier alpha value is -0.340. The van der Waals surface area contributed by atoms with Gasteiger partial charge in [0.05, 0.1) is 6.10 Å². The van der Waals surface area contributed by atoms with Crippen LogP contribution in [0.2, 0.25) is 0 Å². The molecule has 2 nitrogen and oxygen atoms in total. The molecule has 120 valence electrons. The summed E-state index contributed by atoms with van der Waals surface area (Å²) in [7, 11) is 0. The number of rotatable bonds is 6. The molecule has 1 N–H and O–H groups in total. The van der Waals surface area contributed by atoms with Gasteiger partial charge in [-0.25, -0.2) is 0 Å². The normalized spacial score (nSPS) is 31.8. The number of allylic oxidation sites excluding steroid dienone is 1. The van der Waals surface area contributed by atoms with Crippen LogP contribution in [0.3, 0.4) is 0 Å². The van der Waals surface area contributed by atoms with E-state index in [9.17, 15) is 0 Å². The van der Waals surface area contributed by atoms with Crippen LogP contribution < -0.4 is 5.32 Å². The van der Waals surface area contributed by atoms with Crippen molar-refractivity contribution in [2.75, 3.05) is 13.2 Å². The number of hydrogen-bond acceptors (Lipinski definition) is 2. The van der Waals surface area contributed by atoms with E-state index in [1.165, 1.54) is 77.2 Å². The average molecular weight is 291 g/mol. The summed E-state index contributed by atoms with van der Waals surface area (Å²) in [6.07, 6.45) is 18.0. The van der Waals surface area contributed by atoms with E-state index < -0.39 is 0 Å². The zero-order chi connectivity index (χ0) is 14.5. The molecule has 2 fully saturated rings. The second kappa shape index (κ2) is 7.28. The van der Waals surface area contributed by atoms with Crippen LogP contribution >= 0.6 is 0 Å². The molecular formula is C19H33NO. The first kappa shape index (κ1) is 15.6. The Morgan fingerprint density at radius 2 is 2.05 bits per heavy atom. The summed E-state index contributed by atoms with van der Waals surface area (Å²) >= 11 is 0. The molecule has 2 heteroatoms. The highest BCUT2D eigenvalue weighted by Gasteiger charge is 2.55. The molecule has 2 atom stereocenters. The number of ether oxygens (including phenoxy) is 1. The molecule has 0 saturated heterocycles. The van der Waals surface area contributed by atoms with Crippen molar-refractivity contribution in [3.8, 4) is 0 Å². The zero-order valence-electron chi connectivity index (χ0n) is 13.8. The van der Waals surface area contributed by atoms with Crippen molar-refractivity contribution in [3.05, 3.63) is 11.6 Å². The van der Waals surface area contributed by atoms with Crippen LogP contribution in [0.5, 0.6) is 0 Å². The number of nitrogens with one attached hydrogen (secondary N) is 1. The average Bonchev–Trinajstić information content (AvgIpc) is 2.55. The Bertz CT molecular complexity index is 357. The Morgan fingerprint density at radius 1 is 1.19 bits per heavy atom. The van der Waals surface area contributed by atoms with Gasteiger partial charge in [0.2, 0.25) is 0 Å². The fourth-order valence-corrected chi connectivity index (χ4v) is 4.89. The van der Waals surface area contributed by atoms with Crippen molar-refractivity contribution < 1.29 is 4.74 Å². The topological polar surface area (TPSA) is 21.3 Å². The summed E-state index contributed by atoms with van der Waals surface area (Å²) in [4.78, 5) is 0. The minimum absolute atomic E-state index is 0.481. The van der Waals surface area contributed by atoms with E-state index in [-0.39, 0.29) is 0 Å². The summed E-state index contributed by atoms with van der Waals surface area (Å²) in [6, 6.07) is 0.721. The van der Waals surface area contributed by atoms with Crippen molar-refractivity contribution in [1.29, 1.82) is 0 Å². The Morgan fingerprint density at radius 3 is 2.76 bits per heavy atom.